The maximum atomic E-state index is 13.1. The molecular weight excluding hydrogens is 424 g/mol. The molecule has 0 fully saturated rings. The Morgan fingerprint density at radius 3 is 2.62 bits per heavy atom. The van der Waals surface area contributed by atoms with Crippen LogP contribution in [0, 0.1) is 6.92 Å². The van der Waals surface area contributed by atoms with Gasteiger partial charge in [-0.15, -0.1) is 11.3 Å². The van der Waals surface area contributed by atoms with E-state index in [-0.39, 0.29) is 5.91 Å². The molecule has 1 amide bonds. The van der Waals surface area contributed by atoms with Gasteiger partial charge in [-0.05, 0) is 37.3 Å². The molecule has 2 aromatic heterocycles. The first-order valence-electron chi connectivity index (χ1n) is 10.1. The monoisotopic (exact) mass is 448 g/mol. The molecule has 0 bridgehead atoms. The second-order valence-corrected chi connectivity index (χ2v) is 8.28. The zero-order valence-corrected chi connectivity index (χ0v) is 18.9. The number of nitrogens with zero attached hydrogens (tertiary/aromatic N) is 3. The zero-order chi connectivity index (χ0) is 22.5. The third kappa shape index (κ3) is 4.81. The summed E-state index contributed by atoms with van der Waals surface area (Å²) in [7, 11) is 3.51. The highest BCUT2D eigenvalue weighted by Crippen LogP contribution is 2.29. The average Bonchev–Trinajstić information content (AvgIpc) is 3.44. The quantitative estimate of drug-likeness (QED) is 0.435. The number of methoxy groups -OCH3 is 1. The van der Waals surface area contributed by atoms with Gasteiger partial charge in [0.2, 0.25) is 0 Å². The van der Waals surface area contributed by atoms with E-state index in [1.54, 1.807) is 48.9 Å². The molecule has 1 N–H and O–H groups in total. The highest BCUT2D eigenvalue weighted by molar-refractivity contribution is 7.09. The van der Waals surface area contributed by atoms with Gasteiger partial charge in [0, 0.05) is 35.9 Å². The number of imidazole rings is 1. The van der Waals surface area contributed by atoms with Crippen molar-refractivity contribution >= 4 is 17.2 Å². The predicted octanol–water partition coefficient (Wildman–Crippen LogP) is 4.29. The van der Waals surface area contributed by atoms with Gasteiger partial charge in [-0.2, -0.15) is 0 Å². The summed E-state index contributed by atoms with van der Waals surface area (Å²) in [6, 6.07) is 14.2. The summed E-state index contributed by atoms with van der Waals surface area (Å²) in [5.74, 6) is 1.85. The first kappa shape index (κ1) is 21.6. The number of hydrogen-bond acceptors (Lipinski definition) is 6. The second kappa shape index (κ2) is 9.65. The van der Waals surface area contributed by atoms with Crippen molar-refractivity contribution in [2.75, 3.05) is 7.11 Å². The molecule has 8 heteroatoms. The summed E-state index contributed by atoms with van der Waals surface area (Å²) in [6.45, 7) is 2.36. The van der Waals surface area contributed by atoms with Gasteiger partial charge >= 0.3 is 0 Å². The number of rotatable bonds is 8. The SMILES string of the molecule is COc1ccccc1C(NC(=O)c1ccc(OCc2csc(C)n2)cc1)c1nccn1C. The standard InChI is InChI=1S/C24H24N4O3S/c1-16-26-18(15-32-16)14-31-19-10-8-17(9-11-19)24(29)27-22(23-25-12-13-28(23)2)20-6-4-5-7-21(20)30-3/h4-13,15,22H,14H2,1-3H3,(H,27,29). The van der Waals surface area contributed by atoms with Crippen LogP contribution in [-0.4, -0.2) is 27.6 Å². The fourth-order valence-electron chi connectivity index (χ4n) is 3.39. The van der Waals surface area contributed by atoms with E-state index in [1.807, 2.05) is 54.4 Å². The van der Waals surface area contributed by atoms with Crippen LogP contribution in [0.3, 0.4) is 0 Å². The Bertz CT molecular complexity index is 1200. The maximum Gasteiger partial charge on any atom is 0.252 e. The third-order valence-corrected chi connectivity index (χ3v) is 5.83. The first-order chi connectivity index (χ1) is 15.5. The Hall–Kier alpha value is -3.65. The van der Waals surface area contributed by atoms with Gasteiger partial charge in [0.05, 0.1) is 17.8 Å². The normalized spacial score (nSPS) is 11.7. The Kier molecular flexibility index (Phi) is 6.51. The minimum Gasteiger partial charge on any atom is -0.496 e. The molecule has 0 saturated heterocycles. The van der Waals surface area contributed by atoms with Crippen molar-refractivity contribution in [2.45, 2.75) is 19.6 Å². The van der Waals surface area contributed by atoms with E-state index in [9.17, 15) is 4.79 Å². The summed E-state index contributed by atoms with van der Waals surface area (Å²) in [5, 5.41) is 6.08. The molecule has 1 unspecified atom stereocenters. The van der Waals surface area contributed by atoms with Crippen molar-refractivity contribution in [3.63, 3.8) is 0 Å². The number of aryl methyl sites for hydroxylation is 2. The third-order valence-electron chi connectivity index (χ3n) is 5.01. The molecule has 0 aliphatic carbocycles. The Morgan fingerprint density at radius 2 is 1.97 bits per heavy atom. The summed E-state index contributed by atoms with van der Waals surface area (Å²) in [4.78, 5) is 21.9. The lowest BCUT2D eigenvalue weighted by Gasteiger charge is -2.21. The van der Waals surface area contributed by atoms with Crippen LogP contribution in [0.4, 0.5) is 0 Å². The molecule has 4 rings (SSSR count). The lowest BCUT2D eigenvalue weighted by Crippen LogP contribution is -2.31. The number of amides is 1. The van der Waals surface area contributed by atoms with Gasteiger partial charge < -0.3 is 19.4 Å². The van der Waals surface area contributed by atoms with Crippen molar-refractivity contribution < 1.29 is 14.3 Å². The highest BCUT2D eigenvalue weighted by atomic mass is 32.1. The molecule has 1 atom stereocenters. The van der Waals surface area contributed by atoms with Crippen LogP contribution in [0.2, 0.25) is 0 Å². The Morgan fingerprint density at radius 1 is 1.19 bits per heavy atom. The van der Waals surface area contributed by atoms with Gasteiger partial charge in [-0.3, -0.25) is 4.79 Å². The lowest BCUT2D eigenvalue weighted by molar-refractivity contribution is 0.0940. The van der Waals surface area contributed by atoms with Crippen LogP contribution in [-0.2, 0) is 13.7 Å². The van der Waals surface area contributed by atoms with Crippen LogP contribution in [0.15, 0.2) is 66.3 Å². The second-order valence-electron chi connectivity index (χ2n) is 7.22. The van der Waals surface area contributed by atoms with Crippen molar-refractivity contribution in [1.82, 2.24) is 19.9 Å². The number of carbonyl (C=O) groups is 1. The number of aromatic nitrogens is 3. The maximum absolute atomic E-state index is 13.1. The highest BCUT2D eigenvalue weighted by Gasteiger charge is 2.24. The summed E-state index contributed by atoms with van der Waals surface area (Å²) >= 11 is 1.59. The smallest absolute Gasteiger partial charge is 0.252 e. The molecule has 7 nitrogen and oxygen atoms in total. The number of thiazole rings is 1. The molecule has 0 aliphatic heterocycles. The number of carbonyl (C=O) groups excluding carboxylic acids is 1. The molecule has 2 heterocycles. The molecule has 2 aromatic carbocycles. The molecule has 0 saturated carbocycles. The summed E-state index contributed by atoms with van der Waals surface area (Å²) in [6.07, 6.45) is 3.56. The number of benzene rings is 2. The van der Waals surface area contributed by atoms with E-state index in [0.717, 1.165) is 16.3 Å². The van der Waals surface area contributed by atoms with Gasteiger partial charge in [0.1, 0.15) is 30.0 Å². The van der Waals surface area contributed by atoms with Crippen LogP contribution in [0.5, 0.6) is 11.5 Å². The molecular formula is C24H24N4O3S. The van der Waals surface area contributed by atoms with E-state index in [4.69, 9.17) is 9.47 Å². The zero-order valence-electron chi connectivity index (χ0n) is 18.1. The van der Waals surface area contributed by atoms with Crippen LogP contribution >= 0.6 is 11.3 Å². The summed E-state index contributed by atoms with van der Waals surface area (Å²) < 4.78 is 13.2. The topological polar surface area (TPSA) is 78.3 Å². The molecule has 0 spiro atoms. The van der Waals surface area contributed by atoms with Crippen molar-refractivity contribution in [1.29, 1.82) is 0 Å². The van der Waals surface area contributed by atoms with E-state index in [1.165, 1.54) is 0 Å². The van der Waals surface area contributed by atoms with Crippen molar-refractivity contribution in [2.24, 2.45) is 7.05 Å². The van der Waals surface area contributed by atoms with Gasteiger partial charge in [0.15, 0.2) is 0 Å². The summed E-state index contributed by atoms with van der Waals surface area (Å²) in [5.41, 5.74) is 2.25. The molecule has 0 radical (unpaired) electrons. The van der Waals surface area contributed by atoms with Gasteiger partial charge in [0.25, 0.3) is 5.91 Å². The average molecular weight is 449 g/mol. The molecule has 4 aromatic rings. The molecule has 164 valence electrons. The van der Waals surface area contributed by atoms with Crippen LogP contribution in [0.1, 0.15) is 38.5 Å². The van der Waals surface area contributed by atoms with Gasteiger partial charge in [-0.1, -0.05) is 18.2 Å². The molecule has 32 heavy (non-hydrogen) atoms. The number of nitrogens with one attached hydrogen (secondary N) is 1. The Labute approximate surface area is 190 Å². The van der Waals surface area contributed by atoms with E-state index in [0.29, 0.717) is 29.5 Å². The van der Waals surface area contributed by atoms with Crippen molar-refractivity contribution in [3.05, 3.63) is 94.0 Å². The number of para-hydroxylation sites is 1. The largest absolute Gasteiger partial charge is 0.496 e. The van der Waals surface area contributed by atoms with E-state index >= 15 is 0 Å². The number of ether oxygens (including phenoxy) is 2. The van der Waals surface area contributed by atoms with Gasteiger partial charge in [-0.25, -0.2) is 9.97 Å². The fourth-order valence-corrected chi connectivity index (χ4v) is 3.99. The molecule has 0 aliphatic rings. The first-order valence-corrected chi connectivity index (χ1v) is 11.0. The lowest BCUT2D eigenvalue weighted by atomic mass is 10.0. The van der Waals surface area contributed by atoms with E-state index < -0.39 is 6.04 Å². The van der Waals surface area contributed by atoms with Crippen molar-refractivity contribution in [3.8, 4) is 11.5 Å². The minimum absolute atomic E-state index is 0.217. The predicted molar refractivity (Wildman–Crippen MR) is 123 cm³/mol. The van der Waals surface area contributed by atoms with E-state index in [2.05, 4.69) is 15.3 Å². The Balaban J connectivity index is 1.51. The fraction of sp³-hybridized carbons (Fsp3) is 0.208. The van der Waals surface area contributed by atoms with Crippen LogP contribution < -0.4 is 14.8 Å². The minimum atomic E-state index is -0.470. The van der Waals surface area contributed by atoms with Crippen LogP contribution in [0.25, 0.3) is 0 Å². The number of hydrogen-bond donors (Lipinski definition) is 1.